The van der Waals surface area contributed by atoms with Crippen molar-refractivity contribution in [2.75, 3.05) is 38.2 Å². The monoisotopic (exact) mass is 494 g/mol. The largest absolute Gasteiger partial charge is 0.495 e. The van der Waals surface area contributed by atoms with E-state index in [1.165, 1.54) is 5.56 Å². The van der Waals surface area contributed by atoms with Gasteiger partial charge >= 0.3 is 0 Å². The van der Waals surface area contributed by atoms with Crippen LogP contribution >= 0.6 is 24.0 Å². The van der Waals surface area contributed by atoms with Gasteiger partial charge in [-0.15, -0.1) is 24.0 Å². The number of benzene rings is 2. The molecule has 2 N–H and O–H groups in total. The molecule has 152 valence electrons. The van der Waals surface area contributed by atoms with Crippen LogP contribution in [0.1, 0.15) is 18.9 Å². The number of nitrogens with zero attached hydrogens (tertiary/aromatic N) is 2. The SMILES string of the molecule is CCNC(=NCCc1ccccc1)NC1CCN(c2ccccc2OC)C1.I. The molecule has 1 saturated heterocycles. The maximum atomic E-state index is 5.51. The van der Waals surface area contributed by atoms with Crippen molar-refractivity contribution < 1.29 is 4.74 Å². The van der Waals surface area contributed by atoms with Crippen LogP contribution in [-0.4, -0.2) is 45.3 Å². The summed E-state index contributed by atoms with van der Waals surface area (Å²) in [6.45, 7) is 5.71. The van der Waals surface area contributed by atoms with Gasteiger partial charge in [-0.1, -0.05) is 42.5 Å². The van der Waals surface area contributed by atoms with Crippen molar-refractivity contribution >= 4 is 35.6 Å². The van der Waals surface area contributed by atoms with Crippen LogP contribution < -0.4 is 20.3 Å². The first kappa shape index (κ1) is 22.3. The average Bonchev–Trinajstić information content (AvgIpc) is 3.17. The van der Waals surface area contributed by atoms with Gasteiger partial charge in [0.1, 0.15) is 5.75 Å². The Balaban J connectivity index is 0.00000280. The van der Waals surface area contributed by atoms with E-state index in [-0.39, 0.29) is 24.0 Å². The summed E-state index contributed by atoms with van der Waals surface area (Å²) in [6, 6.07) is 19.1. The highest BCUT2D eigenvalue weighted by Gasteiger charge is 2.25. The van der Waals surface area contributed by atoms with Crippen molar-refractivity contribution in [2.45, 2.75) is 25.8 Å². The van der Waals surface area contributed by atoms with Crippen LogP contribution in [0.2, 0.25) is 0 Å². The Bertz CT molecular complexity index is 738. The normalized spacial score (nSPS) is 16.4. The topological polar surface area (TPSA) is 48.9 Å². The zero-order chi connectivity index (χ0) is 18.9. The van der Waals surface area contributed by atoms with Gasteiger partial charge in [0.15, 0.2) is 5.96 Å². The van der Waals surface area contributed by atoms with Gasteiger partial charge in [0, 0.05) is 32.2 Å². The number of anilines is 1. The van der Waals surface area contributed by atoms with E-state index in [0.29, 0.717) is 6.04 Å². The summed E-state index contributed by atoms with van der Waals surface area (Å²) in [7, 11) is 1.73. The summed E-state index contributed by atoms with van der Waals surface area (Å²) in [5.41, 5.74) is 2.48. The molecule has 2 aromatic carbocycles. The predicted octanol–water partition coefficient (Wildman–Crippen LogP) is 3.69. The number of para-hydroxylation sites is 2. The number of rotatable bonds is 7. The molecule has 1 aliphatic heterocycles. The summed E-state index contributed by atoms with van der Waals surface area (Å²) in [6.07, 6.45) is 2.04. The van der Waals surface area contributed by atoms with Gasteiger partial charge in [-0.25, -0.2) is 0 Å². The number of methoxy groups -OCH3 is 1. The molecule has 1 aliphatic rings. The minimum atomic E-state index is 0. The second-order valence-corrected chi connectivity index (χ2v) is 6.74. The minimum Gasteiger partial charge on any atom is -0.495 e. The molecule has 1 atom stereocenters. The van der Waals surface area contributed by atoms with Crippen LogP contribution in [0.25, 0.3) is 0 Å². The molecule has 0 aromatic heterocycles. The molecule has 0 radical (unpaired) electrons. The number of guanidine groups is 1. The number of aliphatic imine (C=N–C) groups is 1. The molecule has 1 fully saturated rings. The van der Waals surface area contributed by atoms with Crippen LogP contribution in [0, 0.1) is 0 Å². The Kier molecular flexibility index (Phi) is 9.40. The number of ether oxygens (including phenoxy) is 1. The van der Waals surface area contributed by atoms with Gasteiger partial charge < -0.3 is 20.3 Å². The van der Waals surface area contributed by atoms with Crippen molar-refractivity contribution in [3.63, 3.8) is 0 Å². The molecule has 1 unspecified atom stereocenters. The summed E-state index contributed by atoms with van der Waals surface area (Å²) in [5.74, 6) is 1.84. The van der Waals surface area contributed by atoms with Gasteiger partial charge in [0.2, 0.25) is 0 Å². The molecular weight excluding hydrogens is 463 g/mol. The Morgan fingerprint density at radius 3 is 2.64 bits per heavy atom. The lowest BCUT2D eigenvalue weighted by Gasteiger charge is -2.22. The molecule has 0 bridgehead atoms. The molecule has 0 amide bonds. The fourth-order valence-electron chi connectivity index (χ4n) is 3.44. The molecule has 1 heterocycles. The van der Waals surface area contributed by atoms with E-state index in [0.717, 1.165) is 56.4 Å². The Morgan fingerprint density at radius 2 is 1.89 bits per heavy atom. The second-order valence-electron chi connectivity index (χ2n) is 6.74. The third-order valence-corrected chi connectivity index (χ3v) is 4.81. The summed E-state index contributed by atoms with van der Waals surface area (Å²) >= 11 is 0. The first-order valence-corrected chi connectivity index (χ1v) is 9.77. The molecule has 0 aliphatic carbocycles. The standard InChI is InChI=1S/C22H30N4O.HI/c1-3-23-22(24-15-13-18-9-5-4-6-10-18)25-19-14-16-26(17-19)20-11-7-8-12-21(20)27-2;/h4-12,19H,3,13-17H2,1-2H3,(H2,23,24,25);1H. The number of hydrogen-bond acceptors (Lipinski definition) is 3. The lowest BCUT2D eigenvalue weighted by Crippen LogP contribution is -2.44. The quantitative estimate of drug-likeness (QED) is 0.350. The Hall–Kier alpha value is -1.96. The van der Waals surface area contributed by atoms with Crippen molar-refractivity contribution in [2.24, 2.45) is 4.99 Å². The maximum Gasteiger partial charge on any atom is 0.191 e. The van der Waals surface area contributed by atoms with Gasteiger partial charge in [0.05, 0.1) is 12.8 Å². The summed E-state index contributed by atoms with van der Waals surface area (Å²) < 4.78 is 5.51. The van der Waals surface area contributed by atoms with Gasteiger partial charge in [-0.3, -0.25) is 4.99 Å². The van der Waals surface area contributed by atoms with Crippen molar-refractivity contribution in [1.29, 1.82) is 0 Å². The molecule has 5 nitrogen and oxygen atoms in total. The highest BCUT2D eigenvalue weighted by atomic mass is 127. The van der Waals surface area contributed by atoms with E-state index in [1.54, 1.807) is 7.11 Å². The van der Waals surface area contributed by atoms with Crippen molar-refractivity contribution in [3.05, 3.63) is 60.2 Å². The van der Waals surface area contributed by atoms with Crippen molar-refractivity contribution in [1.82, 2.24) is 10.6 Å². The lowest BCUT2D eigenvalue weighted by atomic mass is 10.2. The number of hydrogen-bond donors (Lipinski definition) is 2. The molecular formula is C22H31IN4O. The highest BCUT2D eigenvalue weighted by Crippen LogP contribution is 2.30. The fourth-order valence-corrected chi connectivity index (χ4v) is 3.44. The van der Waals surface area contributed by atoms with E-state index in [4.69, 9.17) is 9.73 Å². The molecule has 0 saturated carbocycles. The van der Waals surface area contributed by atoms with Crippen LogP contribution in [0.3, 0.4) is 0 Å². The van der Waals surface area contributed by atoms with Crippen LogP contribution in [0.15, 0.2) is 59.6 Å². The molecule has 6 heteroatoms. The zero-order valence-electron chi connectivity index (χ0n) is 16.7. The van der Waals surface area contributed by atoms with Crippen LogP contribution in [0.4, 0.5) is 5.69 Å². The smallest absolute Gasteiger partial charge is 0.191 e. The third-order valence-electron chi connectivity index (χ3n) is 4.81. The zero-order valence-corrected chi connectivity index (χ0v) is 19.1. The average molecular weight is 494 g/mol. The second kappa shape index (κ2) is 11.8. The van der Waals surface area contributed by atoms with Gasteiger partial charge in [0.25, 0.3) is 0 Å². The third kappa shape index (κ3) is 6.29. The fraction of sp³-hybridized carbons (Fsp3) is 0.409. The number of nitrogens with one attached hydrogen (secondary N) is 2. The lowest BCUT2D eigenvalue weighted by molar-refractivity contribution is 0.415. The Morgan fingerprint density at radius 1 is 1.14 bits per heavy atom. The van der Waals surface area contributed by atoms with Crippen LogP contribution in [-0.2, 0) is 6.42 Å². The Labute approximate surface area is 185 Å². The van der Waals surface area contributed by atoms with Crippen LogP contribution in [0.5, 0.6) is 5.75 Å². The highest BCUT2D eigenvalue weighted by molar-refractivity contribution is 14.0. The van der Waals surface area contributed by atoms with Crippen molar-refractivity contribution in [3.8, 4) is 5.75 Å². The molecule has 28 heavy (non-hydrogen) atoms. The predicted molar refractivity (Wildman–Crippen MR) is 128 cm³/mol. The first-order chi connectivity index (χ1) is 13.3. The molecule has 0 spiro atoms. The van der Waals surface area contributed by atoms with E-state index >= 15 is 0 Å². The first-order valence-electron chi connectivity index (χ1n) is 9.77. The van der Waals surface area contributed by atoms with Gasteiger partial charge in [-0.2, -0.15) is 0 Å². The maximum absolute atomic E-state index is 5.51. The minimum absolute atomic E-state index is 0. The van der Waals surface area contributed by atoms with E-state index in [2.05, 4.69) is 58.9 Å². The molecule has 3 rings (SSSR count). The van der Waals surface area contributed by atoms with E-state index in [1.807, 2.05) is 18.2 Å². The van der Waals surface area contributed by atoms with Gasteiger partial charge in [-0.05, 0) is 37.5 Å². The summed E-state index contributed by atoms with van der Waals surface area (Å²) in [4.78, 5) is 7.13. The van der Waals surface area contributed by atoms with E-state index < -0.39 is 0 Å². The summed E-state index contributed by atoms with van der Waals surface area (Å²) in [5, 5.41) is 6.97. The number of halogens is 1. The van der Waals surface area contributed by atoms with E-state index in [9.17, 15) is 0 Å². The molecule has 2 aromatic rings.